The van der Waals surface area contributed by atoms with Gasteiger partial charge in [0.25, 0.3) is 0 Å². The van der Waals surface area contributed by atoms with Gasteiger partial charge in [-0.1, -0.05) is 19.3 Å². The average Bonchev–Trinajstić information content (AvgIpc) is 2.36. The van der Waals surface area contributed by atoms with E-state index in [1.54, 1.807) is 0 Å². The molecule has 0 heterocycles. The van der Waals surface area contributed by atoms with Crippen molar-refractivity contribution in [2.45, 2.75) is 51.1 Å². The maximum absolute atomic E-state index is 11.5. The Balaban J connectivity index is 2.20. The van der Waals surface area contributed by atoms with Crippen molar-refractivity contribution in [1.29, 1.82) is 0 Å². The summed E-state index contributed by atoms with van der Waals surface area (Å²) in [5, 5.41) is 16.0. The highest BCUT2D eigenvalue weighted by Gasteiger charge is 2.17. The Morgan fingerprint density at radius 1 is 1.21 bits per heavy atom. The van der Waals surface area contributed by atoms with Crippen LogP contribution < -0.4 is 16.0 Å². The van der Waals surface area contributed by atoms with Gasteiger partial charge in [-0.2, -0.15) is 0 Å². The molecule has 1 aliphatic rings. The second-order valence-electron chi connectivity index (χ2n) is 4.80. The number of rotatable bonds is 5. The van der Waals surface area contributed by atoms with Crippen LogP contribution in [0.3, 0.4) is 0 Å². The first-order valence-corrected chi connectivity index (χ1v) is 6.55. The molecule has 1 rings (SSSR count). The Morgan fingerprint density at radius 2 is 1.84 bits per heavy atom. The Labute approximate surface area is 112 Å². The number of amides is 3. The number of carbonyl (C=O) groups is 3. The topological polar surface area (TPSA) is 108 Å². The summed E-state index contributed by atoms with van der Waals surface area (Å²) >= 11 is 0. The highest BCUT2D eigenvalue weighted by Crippen LogP contribution is 2.16. The van der Waals surface area contributed by atoms with Gasteiger partial charge >= 0.3 is 12.0 Å². The van der Waals surface area contributed by atoms with Crippen molar-refractivity contribution in [2.24, 2.45) is 0 Å². The largest absolute Gasteiger partial charge is 0.480 e. The van der Waals surface area contributed by atoms with Crippen LogP contribution in [0.25, 0.3) is 0 Å². The van der Waals surface area contributed by atoms with Gasteiger partial charge in [-0.3, -0.25) is 20.2 Å². The van der Waals surface area contributed by atoms with Gasteiger partial charge in [-0.05, 0) is 19.8 Å². The normalized spacial score (nSPS) is 17.5. The third-order valence-corrected chi connectivity index (χ3v) is 3.13. The van der Waals surface area contributed by atoms with Gasteiger partial charge in [0.1, 0.15) is 6.04 Å². The predicted molar refractivity (Wildman–Crippen MR) is 68.6 cm³/mol. The summed E-state index contributed by atoms with van der Waals surface area (Å²) in [4.78, 5) is 33.4. The number of urea groups is 1. The molecule has 1 fully saturated rings. The van der Waals surface area contributed by atoms with Gasteiger partial charge in [0, 0.05) is 6.04 Å². The van der Waals surface area contributed by atoms with Gasteiger partial charge in [-0.25, -0.2) is 4.79 Å². The minimum atomic E-state index is -1.04. The fourth-order valence-electron chi connectivity index (χ4n) is 1.97. The molecule has 0 radical (unpaired) electrons. The van der Waals surface area contributed by atoms with Crippen molar-refractivity contribution in [2.75, 3.05) is 6.54 Å². The minimum Gasteiger partial charge on any atom is -0.480 e. The van der Waals surface area contributed by atoms with Gasteiger partial charge in [0.05, 0.1) is 6.54 Å². The third-order valence-electron chi connectivity index (χ3n) is 3.13. The Bertz CT molecular complexity index is 340. The highest BCUT2D eigenvalue weighted by atomic mass is 16.4. The van der Waals surface area contributed by atoms with Crippen molar-refractivity contribution < 1.29 is 19.5 Å². The first-order valence-electron chi connectivity index (χ1n) is 6.55. The molecule has 0 aromatic rings. The van der Waals surface area contributed by atoms with E-state index in [2.05, 4.69) is 16.0 Å². The van der Waals surface area contributed by atoms with Crippen molar-refractivity contribution in [3.05, 3.63) is 0 Å². The summed E-state index contributed by atoms with van der Waals surface area (Å²) in [6.07, 6.45) is 5.26. The van der Waals surface area contributed by atoms with Crippen molar-refractivity contribution >= 4 is 17.9 Å². The molecule has 0 aromatic heterocycles. The lowest BCUT2D eigenvalue weighted by molar-refractivity contribution is -0.139. The van der Waals surface area contributed by atoms with E-state index in [-0.39, 0.29) is 12.6 Å². The fourth-order valence-corrected chi connectivity index (χ4v) is 1.97. The number of hydrogen-bond acceptors (Lipinski definition) is 4. The van der Waals surface area contributed by atoms with E-state index in [1.807, 2.05) is 0 Å². The number of carbonyl (C=O) groups excluding carboxylic acids is 2. The molecule has 1 saturated carbocycles. The summed E-state index contributed by atoms with van der Waals surface area (Å²) in [6, 6.07) is -1.21. The monoisotopic (exact) mass is 271 g/mol. The Morgan fingerprint density at radius 3 is 2.42 bits per heavy atom. The number of hydrogen-bond donors (Lipinski definition) is 4. The van der Waals surface area contributed by atoms with Crippen LogP contribution in [0.15, 0.2) is 0 Å². The van der Waals surface area contributed by atoms with Crippen LogP contribution in [0.2, 0.25) is 0 Å². The molecule has 1 atom stereocenters. The first-order chi connectivity index (χ1) is 8.99. The second-order valence-corrected chi connectivity index (χ2v) is 4.80. The van der Waals surface area contributed by atoms with Crippen LogP contribution in [0.1, 0.15) is 39.0 Å². The van der Waals surface area contributed by atoms with Crippen LogP contribution in [0, 0.1) is 0 Å². The minimum absolute atomic E-state index is 0.132. The molecule has 19 heavy (non-hydrogen) atoms. The number of imide groups is 1. The first kappa shape index (κ1) is 15.4. The Kier molecular flexibility index (Phi) is 6.27. The molecule has 4 N–H and O–H groups in total. The predicted octanol–water partition coefficient (Wildman–Crippen LogP) is 0.208. The van der Waals surface area contributed by atoms with Crippen molar-refractivity contribution in [1.82, 2.24) is 16.0 Å². The lowest BCUT2D eigenvalue weighted by atomic mass is 9.96. The second kappa shape index (κ2) is 7.73. The molecule has 108 valence electrons. The van der Waals surface area contributed by atoms with Crippen molar-refractivity contribution in [3.8, 4) is 0 Å². The molecular formula is C12H21N3O4. The van der Waals surface area contributed by atoms with E-state index in [0.717, 1.165) is 25.7 Å². The number of aliphatic carboxylic acids is 1. The molecular weight excluding hydrogens is 250 g/mol. The molecule has 0 aromatic carbocycles. The number of carboxylic acid groups (broad SMARTS) is 1. The van der Waals surface area contributed by atoms with E-state index < -0.39 is 23.9 Å². The molecule has 0 saturated heterocycles. The zero-order valence-corrected chi connectivity index (χ0v) is 11.1. The SMILES string of the molecule is CC(NCC(=O)NC(=O)NC1CCCCC1)C(=O)O. The van der Waals surface area contributed by atoms with Crippen LogP contribution in [0.5, 0.6) is 0 Å². The lowest BCUT2D eigenvalue weighted by Crippen LogP contribution is -2.48. The molecule has 0 aliphatic heterocycles. The smallest absolute Gasteiger partial charge is 0.321 e. The fraction of sp³-hybridized carbons (Fsp3) is 0.750. The van der Waals surface area contributed by atoms with Gasteiger partial charge in [0.15, 0.2) is 0 Å². The molecule has 1 unspecified atom stereocenters. The molecule has 7 heteroatoms. The summed E-state index contributed by atoms with van der Waals surface area (Å²) in [5.41, 5.74) is 0. The van der Waals surface area contributed by atoms with E-state index >= 15 is 0 Å². The number of nitrogens with one attached hydrogen (secondary N) is 3. The highest BCUT2D eigenvalue weighted by molar-refractivity contribution is 5.95. The molecule has 3 amide bonds. The maximum atomic E-state index is 11.5. The van der Waals surface area contributed by atoms with Crippen molar-refractivity contribution in [3.63, 3.8) is 0 Å². The van der Waals surface area contributed by atoms with Gasteiger partial charge in [-0.15, -0.1) is 0 Å². The summed E-state index contributed by atoms with van der Waals surface area (Å²) < 4.78 is 0. The Hall–Kier alpha value is -1.63. The summed E-state index contributed by atoms with van der Waals surface area (Å²) in [7, 11) is 0. The van der Waals surface area contributed by atoms with E-state index in [9.17, 15) is 14.4 Å². The van der Waals surface area contributed by atoms with Crippen LogP contribution in [-0.4, -0.2) is 41.6 Å². The van der Waals surface area contributed by atoms with Gasteiger partial charge in [0.2, 0.25) is 5.91 Å². The van der Waals surface area contributed by atoms with E-state index in [1.165, 1.54) is 13.3 Å². The maximum Gasteiger partial charge on any atom is 0.321 e. The summed E-state index contributed by atoms with van der Waals surface area (Å²) in [6.45, 7) is 1.23. The molecule has 0 bridgehead atoms. The van der Waals surface area contributed by atoms with Gasteiger partial charge < -0.3 is 10.4 Å². The van der Waals surface area contributed by atoms with E-state index in [4.69, 9.17) is 5.11 Å². The zero-order valence-electron chi connectivity index (χ0n) is 11.1. The number of carboxylic acids is 1. The lowest BCUT2D eigenvalue weighted by Gasteiger charge is -2.22. The molecule has 7 nitrogen and oxygen atoms in total. The van der Waals surface area contributed by atoms with Crippen LogP contribution in [-0.2, 0) is 9.59 Å². The standard InChI is InChI=1S/C12H21N3O4/c1-8(11(17)18)13-7-10(16)15-12(19)14-9-5-3-2-4-6-9/h8-9,13H,2-7H2,1H3,(H,17,18)(H2,14,15,16,19). The van der Waals surface area contributed by atoms with Crippen LogP contribution >= 0.6 is 0 Å². The third kappa shape index (κ3) is 6.19. The zero-order chi connectivity index (χ0) is 14.3. The molecule has 0 spiro atoms. The summed E-state index contributed by atoms with van der Waals surface area (Å²) in [5.74, 6) is -1.58. The van der Waals surface area contributed by atoms with Crippen LogP contribution in [0.4, 0.5) is 4.79 Å². The van der Waals surface area contributed by atoms with E-state index in [0.29, 0.717) is 0 Å². The average molecular weight is 271 g/mol. The molecule has 1 aliphatic carbocycles. The quantitative estimate of drug-likeness (QED) is 0.571.